The second-order valence-electron chi connectivity index (χ2n) is 8.28. The van der Waals surface area contributed by atoms with Gasteiger partial charge in [-0.15, -0.1) is 0 Å². The predicted molar refractivity (Wildman–Crippen MR) is 121 cm³/mol. The number of imide groups is 2. The van der Waals surface area contributed by atoms with Crippen molar-refractivity contribution in [2.24, 2.45) is 0 Å². The van der Waals surface area contributed by atoms with E-state index in [0.29, 0.717) is 24.0 Å². The molecular weight excluding hydrogens is 440 g/mol. The number of aliphatic hydroxyl groups excluding tert-OH is 1. The van der Waals surface area contributed by atoms with E-state index in [4.69, 9.17) is 5.11 Å². The maximum atomic E-state index is 12.6. The van der Waals surface area contributed by atoms with Gasteiger partial charge in [-0.25, -0.2) is 4.79 Å². The first-order valence-corrected chi connectivity index (χ1v) is 11.0. The van der Waals surface area contributed by atoms with E-state index in [-0.39, 0.29) is 42.0 Å². The molecule has 2 N–H and O–H groups in total. The van der Waals surface area contributed by atoms with Crippen LogP contribution >= 0.6 is 0 Å². The Balaban J connectivity index is 0.000000751. The number of amides is 4. The summed E-state index contributed by atoms with van der Waals surface area (Å²) >= 11 is 0. The highest BCUT2D eigenvalue weighted by Gasteiger charge is 2.42. The summed E-state index contributed by atoms with van der Waals surface area (Å²) in [4.78, 5) is 63.6. The smallest absolute Gasteiger partial charge is 0.326 e. The summed E-state index contributed by atoms with van der Waals surface area (Å²) < 4.78 is 0. The lowest BCUT2D eigenvalue weighted by Crippen LogP contribution is -2.44. The zero-order valence-electron chi connectivity index (χ0n) is 18.9. The molecule has 2 heterocycles. The first kappa shape index (κ1) is 24.8. The first-order valence-electron chi connectivity index (χ1n) is 11.0. The molecule has 1 unspecified atom stereocenters. The van der Waals surface area contributed by atoms with Crippen LogP contribution in [0.5, 0.6) is 0 Å². The molecule has 34 heavy (non-hydrogen) atoms. The SMILES string of the molecule is CC(C)O.O=C(O)C(CCCCN1C(=O)c2ccccc2C1=O)N1C(=O)c2ccccc2C1=O. The quantitative estimate of drug-likeness (QED) is 0.473. The average Bonchev–Trinajstić information content (AvgIpc) is 3.19. The highest BCUT2D eigenvalue weighted by Crippen LogP contribution is 2.27. The van der Waals surface area contributed by atoms with Gasteiger partial charge in [0.15, 0.2) is 0 Å². The second-order valence-corrected chi connectivity index (χ2v) is 8.28. The van der Waals surface area contributed by atoms with Crippen LogP contribution in [0.25, 0.3) is 0 Å². The third-order valence-corrected chi connectivity index (χ3v) is 5.41. The van der Waals surface area contributed by atoms with Crippen LogP contribution in [0.1, 0.15) is 74.5 Å². The Bertz CT molecular complexity index is 1070. The fourth-order valence-electron chi connectivity index (χ4n) is 3.90. The zero-order valence-corrected chi connectivity index (χ0v) is 18.9. The molecule has 0 radical (unpaired) electrons. The van der Waals surface area contributed by atoms with Crippen molar-refractivity contribution >= 4 is 29.6 Å². The number of fused-ring (bicyclic) bond motifs is 2. The molecule has 4 rings (SSSR count). The van der Waals surface area contributed by atoms with Crippen LogP contribution < -0.4 is 0 Å². The molecule has 9 nitrogen and oxygen atoms in total. The molecule has 0 fully saturated rings. The number of carboxylic acid groups (broad SMARTS) is 1. The van der Waals surface area contributed by atoms with Crippen molar-refractivity contribution in [2.75, 3.05) is 6.54 Å². The number of unbranched alkanes of at least 4 members (excludes halogenated alkanes) is 1. The minimum Gasteiger partial charge on any atom is -0.480 e. The summed E-state index contributed by atoms with van der Waals surface area (Å²) in [5.41, 5.74) is 1.11. The van der Waals surface area contributed by atoms with E-state index in [1.54, 1.807) is 50.2 Å². The third-order valence-electron chi connectivity index (χ3n) is 5.41. The fraction of sp³-hybridized carbons (Fsp3) is 0.320. The van der Waals surface area contributed by atoms with Crippen molar-refractivity contribution in [2.45, 2.75) is 45.3 Å². The Kier molecular flexibility index (Phi) is 7.57. The molecule has 2 aliphatic heterocycles. The number of benzene rings is 2. The Morgan fingerprint density at radius 2 is 1.15 bits per heavy atom. The normalized spacial score (nSPS) is 15.3. The number of aliphatic carboxylic acids is 1. The average molecular weight is 466 g/mol. The Morgan fingerprint density at radius 3 is 1.53 bits per heavy atom. The number of hydrogen-bond acceptors (Lipinski definition) is 6. The molecular formula is C25H26N2O7. The van der Waals surface area contributed by atoms with Crippen molar-refractivity contribution in [3.05, 3.63) is 70.8 Å². The van der Waals surface area contributed by atoms with Crippen molar-refractivity contribution in [1.82, 2.24) is 9.80 Å². The molecule has 2 aromatic carbocycles. The van der Waals surface area contributed by atoms with Gasteiger partial charge in [0.05, 0.1) is 22.3 Å². The van der Waals surface area contributed by atoms with Gasteiger partial charge in [0.25, 0.3) is 23.6 Å². The van der Waals surface area contributed by atoms with Gasteiger partial charge in [-0.2, -0.15) is 0 Å². The lowest BCUT2D eigenvalue weighted by molar-refractivity contribution is -0.141. The molecule has 2 aliphatic rings. The Morgan fingerprint density at radius 1 is 0.765 bits per heavy atom. The summed E-state index contributed by atoms with van der Waals surface area (Å²) in [6.07, 6.45) is 0.542. The van der Waals surface area contributed by atoms with Gasteiger partial charge in [0, 0.05) is 12.6 Å². The van der Waals surface area contributed by atoms with E-state index >= 15 is 0 Å². The zero-order chi connectivity index (χ0) is 25.0. The van der Waals surface area contributed by atoms with Crippen LogP contribution in [0.2, 0.25) is 0 Å². The second kappa shape index (κ2) is 10.4. The highest BCUT2D eigenvalue weighted by atomic mass is 16.4. The van der Waals surface area contributed by atoms with Gasteiger partial charge in [0.2, 0.25) is 0 Å². The minimum absolute atomic E-state index is 0.0317. The van der Waals surface area contributed by atoms with Gasteiger partial charge < -0.3 is 10.2 Å². The number of carboxylic acids is 1. The van der Waals surface area contributed by atoms with Crippen molar-refractivity contribution in [3.63, 3.8) is 0 Å². The number of nitrogens with zero attached hydrogens (tertiary/aromatic N) is 2. The molecule has 0 aromatic heterocycles. The van der Waals surface area contributed by atoms with Gasteiger partial charge in [-0.1, -0.05) is 24.3 Å². The number of carbonyl (C=O) groups is 5. The minimum atomic E-state index is -1.31. The molecule has 178 valence electrons. The molecule has 4 amide bonds. The number of carbonyl (C=O) groups excluding carboxylic acids is 4. The van der Waals surface area contributed by atoms with E-state index in [1.165, 1.54) is 12.1 Å². The first-order chi connectivity index (χ1) is 16.1. The molecule has 0 bridgehead atoms. The molecule has 2 aromatic rings. The summed E-state index contributed by atoms with van der Waals surface area (Å²) in [5, 5.41) is 17.7. The lowest BCUT2D eigenvalue weighted by atomic mass is 10.1. The summed E-state index contributed by atoms with van der Waals surface area (Å²) in [5.74, 6) is -3.26. The Hall–Kier alpha value is -3.85. The van der Waals surface area contributed by atoms with E-state index in [2.05, 4.69) is 0 Å². The van der Waals surface area contributed by atoms with Crippen LogP contribution in [-0.4, -0.2) is 68.3 Å². The van der Waals surface area contributed by atoms with Crippen LogP contribution in [0.15, 0.2) is 48.5 Å². The van der Waals surface area contributed by atoms with Gasteiger partial charge in [-0.3, -0.25) is 29.0 Å². The Labute approximate surface area is 196 Å². The lowest BCUT2D eigenvalue weighted by Gasteiger charge is -2.22. The van der Waals surface area contributed by atoms with Crippen LogP contribution in [0.3, 0.4) is 0 Å². The van der Waals surface area contributed by atoms with E-state index in [1.807, 2.05) is 0 Å². The van der Waals surface area contributed by atoms with Crippen molar-refractivity contribution in [3.8, 4) is 0 Å². The van der Waals surface area contributed by atoms with Gasteiger partial charge >= 0.3 is 5.97 Å². The van der Waals surface area contributed by atoms with Crippen LogP contribution in [-0.2, 0) is 4.79 Å². The van der Waals surface area contributed by atoms with Gasteiger partial charge in [-0.05, 0) is 57.4 Å². The molecule has 9 heteroatoms. The molecule has 0 saturated heterocycles. The topological polar surface area (TPSA) is 132 Å². The monoisotopic (exact) mass is 466 g/mol. The van der Waals surface area contributed by atoms with Gasteiger partial charge in [0.1, 0.15) is 6.04 Å². The number of aliphatic hydroxyl groups is 1. The number of hydrogen-bond donors (Lipinski definition) is 2. The molecule has 0 spiro atoms. The van der Waals surface area contributed by atoms with E-state index in [9.17, 15) is 29.1 Å². The summed E-state index contributed by atoms with van der Waals surface area (Å²) in [6.45, 7) is 3.58. The number of rotatable bonds is 7. The van der Waals surface area contributed by atoms with Crippen molar-refractivity contribution < 1.29 is 34.2 Å². The van der Waals surface area contributed by atoms with Crippen molar-refractivity contribution in [1.29, 1.82) is 0 Å². The third kappa shape index (κ3) is 4.89. The molecule has 0 saturated carbocycles. The van der Waals surface area contributed by atoms with E-state index < -0.39 is 23.8 Å². The summed E-state index contributed by atoms with van der Waals surface area (Å²) in [7, 11) is 0. The van der Waals surface area contributed by atoms with Crippen LogP contribution in [0.4, 0.5) is 0 Å². The fourth-order valence-corrected chi connectivity index (χ4v) is 3.90. The highest BCUT2D eigenvalue weighted by molar-refractivity contribution is 6.23. The largest absolute Gasteiger partial charge is 0.480 e. The summed E-state index contributed by atoms with van der Waals surface area (Å²) in [6, 6.07) is 11.5. The predicted octanol–water partition coefficient (Wildman–Crippen LogP) is 2.59. The molecule has 0 aliphatic carbocycles. The van der Waals surface area contributed by atoms with Crippen LogP contribution in [0, 0.1) is 0 Å². The molecule has 1 atom stereocenters. The maximum Gasteiger partial charge on any atom is 0.326 e. The maximum absolute atomic E-state index is 12.6. The van der Waals surface area contributed by atoms with E-state index in [0.717, 1.165) is 9.80 Å². The standard InChI is InChI=1S/C22H18N2O6.C3H8O/c25-18-13-7-1-2-8-14(13)19(26)23(18)12-6-5-11-17(22(29)30)24-20(27)15-9-3-4-10-16(15)21(24)28;1-3(2)4/h1-4,7-10,17H,5-6,11-12H2,(H,29,30);3-4H,1-2H3.